The van der Waals surface area contributed by atoms with Gasteiger partial charge in [-0.3, -0.25) is 4.79 Å². The van der Waals surface area contributed by atoms with Crippen LogP contribution in [0.4, 0.5) is 0 Å². The van der Waals surface area contributed by atoms with E-state index in [-0.39, 0.29) is 11.8 Å². The molecule has 100 valence electrons. The first-order valence-electron chi connectivity index (χ1n) is 5.70. The van der Waals surface area contributed by atoms with Crippen molar-refractivity contribution >= 4 is 23.4 Å². The van der Waals surface area contributed by atoms with E-state index in [1.807, 2.05) is 13.8 Å². The highest BCUT2D eigenvalue weighted by Crippen LogP contribution is 2.19. The van der Waals surface area contributed by atoms with E-state index < -0.39 is 17.9 Å². The Hall–Kier alpha value is -1.50. The zero-order chi connectivity index (χ0) is 13.9. The van der Waals surface area contributed by atoms with Crippen LogP contribution in [0.1, 0.15) is 49.0 Å². The van der Waals surface area contributed by atoms with Crippen molar-refractivity contribution in [3.8, 4) is 0 Å². The summed E-state index contributed by atoms with van der Waals surface area (Å²) in [6.07, 6.45) is 0. The lowest BCUT2D eigenvalue weighted by Crippen LogP contribution is -2.44. The molecule has 1 heterocycles. The highest BCUT2D eigenvalue weighted by molar-refractivity contribution is 7.08. The molecule has 0 saturated heterocycles. The third-order valence-corrected chi connectivity index (χ3v) is 3.23. The minimum absolute atomic E-state index is 0.0758. The summed E-state index contributed by atoms with van der Waals surface area (Å²) in [6, 6.07) is -0.903. The molecule has 0 aliphatic rings. The molecule has 1 unspecified atom stereocenters. The van der Waals surface area contributed by atoms with E-state index in [0.29, 0.717) is 10.6 Å². The Morgan fingerprint density at radius 1 is 1.28 bits per heavy atom. The molecule has 1 amide bonds. The molecule has 18 heavy (non-hydrogen) atoms. The number of aromatic nitrogens is 2. The molecule has 0 fully saturated rings. The Kier molecular flexibility index (Phi) is 4.77. The van der Waals surface area contributed by atoms with Gasteiger partial charge in [0.05, 0.1) is 5.69 Å². The lowest BCUT2D eigenvalue weighted by atomic mass is 10.0. The van der Waals surface area contributed by atoms with Crippen molar-refractivity contribution < 1.29 is 14.7 Å². The van der Waals surface area contributed by atoms with Crippen molar-refractivity contribution in [1.29, 1.82) is 0 Å². The van der Waals surface area contributed by atoms with Gasteiger partial charge in [0.1, 0.15) is 10.9 Å². The number of amides is 1. The molecule has 7 heteroatoms. The topological polar surface area (TPSA) is 92.2 Å². The Morgan fingerprint density at radius 2 is 1.89 bits per heavy atom. The molecule has 1 atom stereocenters. The second-order valence-electron chi connectivity index (χ2n) is 4.68. The zero-order valence-electron chi connectivity index (χ0n) is 10.8. The molecule has 1 aromatic heterocycles. The fraction of sp³-hybridized carbons (Fsp3) is 0.636. The maximum atomic E-state index is 12.0. The average Bonchev–Trinajstić information content (AvgIpc) is 2.73. The molecule has 2 N–H and O–H groups in total. The fourth-order valence-corrected chi connectivity index (χ4v) is 2.18. The average molecular weight is 271 g/mol. The Balaban J connectivity index is 2.87. The number of carbonyl (C=O) groups is 2. The van der Waals surface area contributed by atoms with Gasteiger partial charge in [0.25, 0.3) is 5.91 Å². The van der Waals surface area contributed by atoms with Crippen molar-refractivity contribution in [3.05, 3.63) is 10.6 Å². The summed E-state index contributed by atoms with van der Waals surface area (Å²) < 4.78 is 3.74. The molecule has 0 spiro atoms. The summed E-state index contributed by atoms with van der Waals surface area (Å²) in [4.78, 5) is 23.4. The Bertz CT molecular complexity index is 442. The zero-order valence-corrected chi connectivity index (χ0v) is 11.6. The predicted octanol–water partition coefficient (Wildman–Crippen LogP) is 1.50. The van der Waals surface area contributed by atoms with Gasteiger partial charge in [-0.1, -0.05) is 32.2 Å². The highest BCUT2D eigenvalue weighted by Gasteiger charge is 2.26. The van der Waals surface area contributed by atoms with Gasteiger partial charge in [0, 0.05) is 0 Å². The van der Waals surface area contributed by atoms with Crippen LogP contribution in [0.25, 0.3) is 0 Å². The van der Waals surface area contributed by atoms with Gasteiger partial charge in [-0.05, 0) is 23.4 Å². The Labute approximate surface area is 110 Å². The van der Waals surface area contributed by atoms with E-state index in [0.717, 1.165) is 11.5 Å². The minimum atomic E-state index is -1.04. The van der Waals surface area contributed by atoms with Crippen molar-refractivity contribution in [3.63, 3.8) is 0 Å². The normalized spacial score (nSPS) is 12.8. The smallest absolute Gasteiger partial charge is 0.326 e. The fourth-order valence-electron chi connectivity index (χ4n) is 1.45. The van der Waals surface area contributed by atoms with E-state index in [2.05, 4.69) is 14.9 Å². The van der Waals surface area contributed by atoms with Gasteiger partial charge in [-0.25, -0.2) is 4.79 Å². The number of rotatable bonds is 5. The molecule has 1 rings (SSSR count). The van der Waals surface area contributed by atoms with E-state index in [9.17, 15) is 9.59 Å². The molecule has 1 aromatic rings. The van der Waals surface area contributed by atoms with Gasteiger partial charge in [-0.15, -0.1) is 5.10 Å². The summed E-state index contributed by atoms with van der Waals surface area (Å²) in [7, 11) is 0. The number of carboxylic acid groups (broad SMARTS) is 1. The van der Waals surface area contributed by atoms with E-state index in [1.54, 1.807) is 13.8 Å². The second kappa shape index (κ2) is 5.90. The van der Waals surface area contributed by atoms with Crippen LogP contribution < -0.4 is 5.32 Å². The summed E-state index contributed by atoms with van der Waals surface area (Å²) >= 11 is 0.985. The maximum Gasteiger partial charge on any atom is 0.326 e. The molecule has 0 aromatic carbocycles. The monoisotopic (exact) mass is 271 g/mol. The lowest BCUT2D eigenvalue weighted by Gasteiger charge is -2.17. The van der Waals surface area contributed by atoms with Crippen LogP contribution in [0.2, 0.25) is 0 Å². The molecule has 0 aliphatic heterocycles. The maximum absolute atomic E-state index is 12.0. The molecule has 0 radical (unpaired) electrons. The summed E-state index contributed by atoms with van der Waals surface area (Å²) in [5.41, 5.74) is 0.602. The van der Waals surface area contributed by atoms with Crippen LogP contribution in [0.3, 0.4) is 0 Å². The summed E-state index contributed by atoms with van der Waals surface area (Å²) in [6.45, 7) is 7.30. The van der Waals surface area contributed by atoms with Crippen LogP contribution in [0.15, 0.2) is 0 Å². The predicted molar refractivity (Wildman–Crippen MR) is 67.7 cm³/mol. The number of nitrogens with zero attached hydrogens (tertiary/aromatic N) is 2. The number of carboxylic acids is 1. The van der Waals surface area contributed by atoms with Crippen molar-refractivity contribution in [2.24, 2.45) is 5.92 Å². The SMILES string of the molecule is CC(C)c1nnsc1C(=O)NC(C(=O)O)C(C)C. The highest BCUT2D eigenvalue weighted by atomic mass is 32.1. The summed E-state index contributed by atoms with van der Waals surface area (Å²) in [5.74, 6) is -1.57. The van der Waals surface area contributed by atoms with E-state index >= 15 is 0 Å². The van der Waals surface area contributed by atoms with Crippen LogP contribution in [0.5, 0.6) is 0 Å². The van der Waals surface area contributed by atoms with Gasteiger partial charge >= 0.3 is 5.97 Å². The molecule has 0 saturated carbocycles. The van der Waals surface area contributed by atoms with Crippen LogP contribution in [-0.4, -0.2) is 32.6 Å². The lowest BCUT2D eigenvalue weighted by molar-refractivity contribution is -0.140. The van der Waals surface area contributed by atoms with Gasteiger partial charge in [-0.2, -0.15) is 0 Å². The van der Waals surface area contributed by atoms with Gasteiger partial charge in [0.15, 0.2) is 0 Å². The largest absolute Gasteiger partial charge is 0.480 e. The van der Waals surface area contributed by atoms with Crippen molar-refractivity contribution in [1.82, 2.24) is 14.9 Å². The molecular weight excluding hydrogens is 254 g/mol. The molecule has 0 aliphatic carbocycles. The Morgan fingerprint density at radius 3 is 2.33 bits per heavy atom. The quantitative estimate of drug-likeness (QED) is 0.846. The molecule has 6 nitrogen and oxygen atoms in total. The minimum Gasteiger partial charge on any atom is -0.480 e. The first kappa shape index (κ1) is 14.6. The standard InChI is InChI=1S/C11H17N3O3S/c1-5(2)7-9(18-14-13-7)10(15)12-8(6(3)4)11(16)17/h5-6,8H,1-4H3,(H,12,15)(H,16,17). The number of carbonyl (C=O) groups excluding carboxylic acids is 1. The van der Waals surface area contributed by atoms with E-state index in [1.165, 1.54) is 0 Å². The van der Waals surface area contributed by atoms with Crippen molar-refractivity contribution in [2.45, 2.75) is 39.7 Å². The summed E-state index contributed by atoms with van der Waals surface area (Å²) in [5, 5.41) is 15.4. The van der Waals surface area contributed by atoms with Crippen LogP contribution >= 0.6 is 11.5 Å². The molecular formula is C11H17N3O3S. The third-order valence-electron chi connectivity index (χ3n) is 2.49. The molecule has 0 bridgehead atoms. The number of hydrogen-bond donors (Lipinski definition) is 2. The first-order chi connectivity index (χ1) is 8.34. The first-order valence-corrected chi connectivity index (χ1v) is 6.47. The third kappa shape index (κ3) is 3.25. The number of hydrogen-bond acceptors (Lipinski definition) is 5. The van der Waals surface area contributed by atoms with Crippen LogP contribution in [-0.2, 0) is 4.79 Å². The van der Waals surface area contributed by atoms with Crippen molar-refractivity contribution in [2.75, 3.05) is 0 Å². The van der Waals surface area contributed by atoms with Gasteiger partial charge < -0.3 is 10.4 Å². The van der Waals surface area contributed by atoms with Crippen LogP contribution in [0, 0.1) is 5.92 Å². The van der Waals surface area contributed by atoms with Gasteiger partial charge in [0.2, 0.25) is 0 Å². The second-order valence-corrected chi connectivity index (χ2v) is 5.43. The number of nitrogens with one attached hydrogen (secondary N) is 1. The van der Waals surface area contributed by atoms with E-state index in [4.69, 9.17) is 5.11 Å². The number of aliphatic carboxylic acids is 1.